The maximum atomic E-state index is 11.7. The van der Waals surface area contributed by atoms with Crippen LogP contribution in [-0.4, -0.2) is 19.6 Å². The Balaban J connectivity index is 1.62. The van der Waals surface area contributed by atoms with Gasteiger partial charge in [0.05, 0.1) is 12.0 Å². The molecule has 1 amide bonds. The first-order chi connectivity index (χ1) is 9.79. The molecule has 0 saturated heterocycles. The summed E-state index contributed by atoms with van der Waals surface area (Å²) in [7, 11) is 1.67. The second kappa shape index (κ2) is 7.70. The average Bonchev–Trinajstić information content (AvgIpc) is 3.01. The number of aryl methyl sites for hydroxylation is 1. The quantitative estimate of drug-likeness (QED) is 0.792. The maximum absolute atomic E-state index is 11.7. The van der Waals surface area contributed by atoms with Crippen LogP contribution in [0.1, 0.15) is 28.1 Å². The molecule has 4 heteroatoms. The van der Waals surface area contributed by atoms with Crippen LogP contribution >= 0.6 is 11.3 Å². The molecule has 3 nitrogen and oxygen atoms in total. The molecule has 0 aliphatic carbocycles. The van der Waals surface area contributed by atoms with Gasteiger partial charge in [-0.05, 0) is 48.4 Å². The fourth-order valence-corrected chi connectivity index (χ4v) is 2.58. The van der Waals surface area contributed by atoms with E-state index >= 15 is 0 Å². The molecule has 1 aromatic heterocycles. The third kappa shape index (κ3) is 4.38. The Bertz CT molecular complexity index is 520. The lowest BCUT2D eigenvalue weighted by Gasteiger charge is -2.05. The molecule has 20 heavy (non-hydrogen) atoms. The number of amides is 1. The number of ether oxygens (including phenoxy) is 1. The first kappa shape index (κ1) is 14.6. The molecule has 2 rings (SSSR count). The molecular weight excluding hydrogens is 270 g/mol. The normalized spacial score (nSPS) is 10.2. The van der Waals surface area contributed by atoms with Crippen LogP contribution < -0.4 is 10.1 Å². The van der Waals surface area contributed by atoms with Crippen LogP contribution in [0.5, 0.6) is 5.75 Å². The predicted molar refractivity (Wildman–Crippen MR) is 82.6 cm³/mol. The fraction of sp³-hybridized carbons (Fsp3) is 0.312. The highest BCUT2D eigenvalue weighted by molar-refractivity contribution is 7.12. The summed E-state index contributed by atoms with van der Waals surface area (Å²) in [5.74, 6) is 0.918. The summed E-state index contributed by atoms with van der Waals surface area (Å²) in [6, 6.07) is 11.9. The summed E-state index contributed by atoms with van der Waals surface area (Å²) in [5.41, 5.74) is 1.30. The minimum atomic E-state index is 0.0319. The molecule has 0 bridgehead atoms. The Morgan fingerprint density at radius 3 is 2.65 bits per heavy atom. The van der Waals surface area contributed by atoms with Gasteiger partial charge in [0.2, 0.25) is 0 Å². The van der Waals surface area contributed by atoms with Crippen molar-refractivity contribution in [1.29, 1.82) is 0 Å². The highest BCUT2D eigenvalue weighted by Gasteiger charge is 2.04. The molecule has 1 aromatic carbocycles. The fourth-order valence-electron chi connectivity index (χ4n) is 1.94. The molecule has 1 heterocycles. The van der Waals surface area contributed by atoms with Gasteiger partial charge in [0.1, 0.15) is 5.75 Å². The average molecular weight is 289 g/mol. The van der Waals surface area contributed by atoms with Crippen molar-refractivity contribution in [2.45, 2.75) is 19.3 Å². The summed E-state index contributed by atoms with van der Waals surface area (Å²) in [5, 5.41) is 4.86. The molecule has 0 aliphatic heterocycles. The number of thiophene rings is 1. The van der Waals surface area contributed by atoms with E-state index < -0.39 is 0 Å². The van der Waals surface area contributed by atoms with Gasteiger partial charge in [-0.3, -0.25) is 4.79 Å². The lowest BCUT2D eigenvalue weighted by molar-refractivity contribution is 0.0957. The molecule has 0 spiro atoms. The zero-order chi connectivity index (χ0) is 14.2. The topological polar surface area (TPSA) is 38.3 Å². The standard InChI is InChI=1S/C16H19NO2S/c1-19-14-9-7-13(8-10-14)5-2-3-11-17-16(18)15-6-4-12-20-15/h4,6-10,12H,2-3,5,11H2,1H3,(H,17,18). The van der Waals surface area contributed by atoms with Crippen LogP contribution in [0.3, 0.4) is 0 Å². The summed E-state index contributed by atoms with van der Waals surface area (Å²) in [6.07, 6.45) is 3.08. The van der Waals surface area contributed by atoms with E-state index in [0.29, 0.717) is 0 Å². The Morgan fingerprint density at radius 2 is 2.00 bits per heavy atom. The number of hydrogen-bond donors (Lipinski definition) is 1. The number of carbonyl (C=O) groups is 1. The third-order valence-electron chi connectivity index (χ3n) is 3.08. The van der Waals surface area contributed by atoms with Crippen LogP contribution in [0.25, 0.3) is 0 Å². The highest BCUT2D eigenvalue weighted by atomic mass is 32.1. The van der Waals surface area contributed by atoms with E-state index in [0.717, 1.165) is 36.4 Å². The smallest absolute Gasteiger partial charge is 0.261 e. The molecule has 1 N–H and O–H groups in total. The van der Waals surface area contributed by atoms with Crippen LogP contribution in [-0.2, 0) is 6.42 Å². The van der Waals surface area contributed by atoms with Gasteiger partial charge in [-0.1, -0.05) is 18.2 Å². The molecule has 0 saturated carbocycles. The Morgan fingerprint density at radius 1 is 1.20 bits per heavy atom. The summed E-state index contributed by atoms with van der Waals surface area (Å²) < 4.78 is 5.13. The summed E-state index contributed by atoms with van der Waals surface area (Å²) in [4.78, 5) is 12.5. The van der Waals surface area contributed by atoms with Crippen molar-refractivity contribution in [3.8, 4) is 5.75 Å². The van der Waals surface area contributed by atoms with Crippen LogP contribution in [0, 0.1) is 0 Å². The molecule has 2 aromatic rings. The lowest BCUT2D eigenvalue weighted by atomic mass is 10.1. The van der Waals surface area contributed by atoms with Crippen LogP contribution in [0.2, 0.25) is 0 Å². The molecule has 0 aliphatic rings. The first-order valence-corrected chi connectivity index (χ1v) is 7.62. The zero-order valence-electron chi connectivity index (χ0n) is 11.6. The van der Waals surface area contributed by atoms with E-state index in [4.69, 9.17) is 4.74 Å². The minimum Gasteiger partial charge on any atom is -0.497 e. The van der Waals surface area contributed by atoms with E-state index in [1.54, 1.807) is 7.11 Å². The first-order valence-electron chi connectivity index (χ1n) is 6.74. The van der Waals surface area contributed by atoms with Crippen molar-refractivity contribution in [1.82, 2.24) is 5.32 Å². The van der Waals surface area contributed by atoms with E-state index in [1.807, 2.05) is 29.6 Å². The Kier molecular flexibility index (Phi) is 5.62. The Hall–Kier alpha value is -1.81. The highest BCUT2D eigenvalue weighted by Crippen LogP contribution is 2.13. The molecule has 0 fully saturated rings. The van der Waals surface area contributed by atoms with E-state index in [-0.39, 0.29) is 5.91 Å². The minimum absolute atomic E-state index is 0.0319. The monoisotopic (exact) mass is 289 g/mol. The van der Waals surface area contributed by atoms with E-state index in [1.165, 1.54) is 16.9 Å². The number of rotatable bonds is 7. The maximum Gasteiger partial charge on any atom is 0.261 e. The molecule has 0 atom stereocenters. The number of methoxy groups -OCH3 is 1. The molecule has 0 unspecified atom stereocenters. The van der Waals surface area contributed by atoms with E-state index in [9.17, 15) is 4.79 Å². The second-order valence-electron chi connectivity index (χ2n) is 4.54. The van der Waals surface area contributed by atoms with Gasteiger partial charge < -0.3 is 10.1 Å². The van der Waals surface area contributed by atoms with Crippen molar-refractivity contribution >= 4 is 17.2 Å². The predicted octanol–water partition coefficient (Wildman–Crippen LogP) is 3.51. The van der Waals surface area contributed by atoms with Crippen molar-refractivity contribution in [3.05, 3.63) is 52.2 Å². The lowest BCUT2D eigenvalue weighted by Crippen LogP contribution is -2.23. The molecule has 0 radical (unpaired) electrons. The van der Waals surface area contributed by atoms with Gasteiger partial charge >= 0.3 is 0 Å². The number of hydrogen-bond acceptors (Lipinski definition) is 3. The van der Waals surface area contributed by atoms with Gasteiger partial charge in [0.15, 0.2) is 0 Å². The van der Waals surface area contributed by atoms with Gasteiger partial charge in [0.25, 0.3) is 5.91 Å². The Labute approximate surface area is 123 Å². The number of unbranched alkanes of at least 4 members (excludes halogenated alkanes) is 1. The zero-order valence-corrected chi connectivity index (χ0v) is 12.4. The second-order valence-corrected chi connectivity index (χ2v) is 5.49. The van der Waals surface area contributed by atoms with Crippen molar-refractivity contribution in [2.75, 3.05) is 13.7 Å². The van der Waals surface area contributed by atoms with Crippen molar-refractivity contribution in [2.24, 2.45) is 0 Å². The number of benzene rings is 1. The number of carbonyl (C=O) groups excluding carboxylic acids is 1. The molecular formula is C16H19NO2S. The largest absolute Gasteiger partial charge is 0.497 e. The summed E-state index contributed by atoms with van der Waals surface area (Å²) in [6.45, 7) is 0.729. The summed E-state index contributed by atoms with van der Waals surface area (Å²) >= 11 is 1.47. The van der Waals surface area contributed by atoms with Crippen molar-refractivity contribution < 1.29 is 9.53 Å². The molecule has 106 valence electrons. The van der Waals surface area contributed by atoms with Gasteiger partial charge in [-0.15, -0.1) is 11.3 Å². The van der Waals surface area contributed by atoms with Crippen LogP contribution in [0.4, 0.5) is 0 Å². The van der Waals surface area contributed by atoms with Gasteiger partial charge in [0, 0.05) is 6.54 Å². The van der Waals surface area contributed by atoms with Crippen LogP contribution in [0.15, 0.2) is 41.8 Å². The SMILES string of the molecule is COc1ccc(CCCCNC(=O)c2cccs2)cc1. The van der Waals surface area contributed by atoms with Gasteiger partial charge in [-0.25, -0.2) is 0 Å². The van der Waals surface area contributed by atoms with Gasteiger partial charge in [-0.2, -0.15) is 0 Å². The number of nitrogens with one attached hydrogen (secondary N) is 1. The van der Waals surface area contributed by atoms with E-state index in [2.05, 4.69) is 17.4 Å². The third-order valence-corrected chi connectivity index (χ3v) is 3.95. The van der Waals surface area contributed by atoms with Crippen molar-refractivity contribution in [3.63, 3.8) is 0 Å².